The largest absolute Gasteiger partial charge is 0.625 e. The molecule has 4 heteroatoms. The van der Waals surface area contributed by atoms with Gasteiger partial charge in [0.2, 0.25) is 0 Å². The Kier molecular flexibility index (Phi) is 2.32. The molecule has 0 amide bonds. The van der Waals surface area contributed by atoms with Gasteiger partial charge in [0.05, 0.1) is 7.05 Å². The van der Waals surface area contributed by atoms with E-state index in [-0.39, 0.29) is 5.06 Å². The standard InChI is InChI=1S/C3H8N2O2/c1-4(6)3-5(2)7/h3-4H,1-2H3/b5-3+. The van der Waals surface area contributed by atoms with E-state index in [0.717, 1.165) is 6.34 Å². The van der Waals surface area contributed by atoms with Crippen LogP contribution in [0.25, 0.3) is 0 Å². The predicted molar refractivity (Wildman–Crippen MR) is 25.9 cm³/mol. The smallest absolute Gasteiger partial charge is 0.335 e. The first-order valence-corrected chi connectivity index (χ1v) is 1.88. The summed E-state index contributed by atoms with van der Waals surface area (Å²) in [6, 6.07) is 0. The molecule has 0 saturated heterocycles. The fraction of sp³-hybridized carbons (Fsp3) is 0.667. The molecule has 0 heterocycles. The van der Waals surface area contributed by atoms with Crippen molar-refractivity contribution >= 4 is 6.34 Å². The molecule has 4 nitrogen and oxygen atoms in total. The highest BCUT2D eigenvalue weighted by molar-refractivity contribution is 5.35. The molecule has 0 aliphatic rings. The number of nitrogens with zero attached hydrogens (tertiary/aromatic N) is 1. The minimum absolute atomic E-state index is 0.225. The first-order chi connectivity index (χ1) is 3.13. The molecule has 0 rings (SSSR count). The Bertz CT molecular complexity index is 75.0. The molecule has 0 saturated carbocycles. The topological polar surface area (TPSA) is 53.6 Å². The Balaban J connectivity index is 3.45. The van der Waals surface area contributed by atoms with Crippen molar-refractivity contribution in [1.29, 1.82) is 0 Å². The Morgan fingerprint density at radius 3 is 2.14 bits per heavy atom. The van der Waals surface area contributed by atoms with Crippen LogP contribution in [0.2, 0.25) is 0 Å². The van der Waals surface area contributed by atoms with Gasteiger partial charge in [0.1, 0.15) is 7.05 Å². The Morgan fingerprint density at radius 1 is 1.71 bits per heavy atom. The number of hydrogen-bond acceptors (Lipinski definition) is 2. The molecule has 7 heavy (non-hydrogen) atoms. The van der Waals surface area contributed by atoms with Gasteiger partial charge in [-0.05, 0) is 0 Å². The molecule has 1 atom stereocenters. The lowest BCUT2D eigenvalue weighted by Gasteiger charge is -2.05. The van der Waals surface area contributed by atoms with Gasteiger partial charge in [-0.2, -0.15) is 4.74 Å². The second kappa shape index (κ2) is 2.54. The monoisotopic (exact) mass is 104 g/mol. The van der Waals surface area contributed by atoms with Crippen molar-refractivity contribution in [2.24, 2.45) is 0 Å². The molecule has 42 valence electrons. The third kappa shape index (κ3) is 5.39. The molecule has 0 aromatic rings. The summed E-state index contributed by atoms with van der Waals surface area (Å²) >= 11 is 0. The zero-order valence-corrected chi connectivity index (χ0v) is 4.34. The van der Waals surface area contributed by atoms with Crippen LogP contribution in [0.15, 0.2) is 0 Å². The van der Waals surface area contributed by atoms with E-state index >= 15 is 0 Å². The van der Waals surface area contributed by atoms with Crippen molar-refractivity contribution < 1.29 is 9.80 Å². The van der Waals surface area contributed by atoms with Crippen molar-refractivity contribution in [2.75, 3.05) is 14.1 Å². The maximum atomic E-state index is 9.96. The fourth-order valence-electron chi connectivity index (χ4n) is 0.256. The van der Waals surface area contributed by atoms with E-state index < -0.39 is 0 Å². The van der Waals surface area contributed by atoms with Crippen LogP contribution >= 0.6 is 0 Å². The molecule has 0 aromatic carbocycles. The zero-order chi connectivity index (χ0) is 5.86. The summed E-state index contributed by atoms with van der Waals surface area (Å²) in [5, 5.41) is 19.6. The van der Waals surface area contributed by atoms with Gasteiger partial charge in [-0.1, -0.05) is 0 Å². The van der Waals surface area contributed by atoms with Crippen LogP contribution < -0.4 is 5.06 Å². The van der Waals surface area contributed by atoms with Gasteiger partial charge >= 0.3 is 6.34 Å². The van der Waals surface area contributed by atoms with Crippen molar-refractivity contribution in [3.8, 4) is 0 Å². The van der Waals surface area contributed by atoms with E-state index in [4.69, 9.17) is 0 Å². The van der Waals surface area contributed by atoms with Crippen molar-refractivity contribution in [3.05, 3.63) is 10.4 Å². The van der Waals surface area contributed by atoms with Crippen molar-refractivity contribution in [2.45, 2.75) is 0 Å². The van der Waals surface area contributed by atoms with Crippen LogP contribution in [0.5, 0.6) is 0 Å². The highest BCUT2D eigenvalue weighted by atomic mass is 16.5. The van der Waals surface area contributed by atoms with Crippen molar-refractivity contribution in [3.63, 3.8) is 0 Å². The second-order valence-corrected chi connectivity index (χ2v) is 1.29. The average Bonchev–Trinajstić information content (AvgIpc) is 1.27. The lowest BCUT2D eigenvalue weighted by molar-refractivity contribution is -0.742. The lowest BCUT2D eigenvalue weighted by Crippen LogP contribution is -3.03. The van der Waals surface area contributed by atoms with Crippen LogP contribution in [-0.2, 0) is 0 Å². The number of nitrogens with one attached hydrogen (secondary N) is 1. The van der Waals surface area contributed by atoms with Gasteiger partial charge in [-0.3, -0.25) is 5.06 Å². The molecule has 1 N–H and O–H groups in total. The summed E-state index contributed by atoms with van der Waals surface area (Å²) in [6.07, 6.45) is 0.972. The van der Waals surface area contributed by atoms with E-state index in [1.807, 2.05) is 0 Å². The second-order valence-electron chi connectivity index (χ2n) is 1.29. The van der Waals surface area contributed by atoms with E-state index in [9.17, 15) is 10.4 Å². The maximum Gasteiger partial charge on any atom is 0.335 e. The number of quaternary nitrogens is 1. The van der Waals surface area contributed by atoms with E-state index in [1.54, 1.807) is 0 Å². The maximum absolute atomic E-state index is 9.96. The summed E-state index contributed by atoms with van der Waals surface area (Å²) in [5.74, 6) is 0. The number of rotatable bonds is 1. The third-order valence-corrected chi connectivity index (χ3v) is 0.364. The van der Waals surface area contributed by atoms with Crippen LogP contribution in [0.1, 0.15) is 0 Å². The van der Waals surface area contributed by atoms with Crippen LogP contribution in [0, 0.1) is 10.4 Å². The Morgan fingerprint density at radius 2 is 2.14 bits per heavy atom. The average molecular weight is 104 g/mol. The summed E-state index contributed by atoms with van der Waals surface area (Å²) < 4.78 is 0.475. The molecular formula is C3H8N2O2. The molecule has 0 aromatic heterocycles. The Hall–Kier alpha value is -0.610. The van der Waals surface area contributed by atoms with Gasteiger partial charge in [0, 0.05) is 0 Å². The minimum atomic E-state index is -0.225. The minimum Gasteiger partial charge on any atom is -0.625 e. The molecule has 0 fully saturated rings. The first-order valence-electron chi connectivity index (χ1n) is 1.88. The molecule has 0 aliphatic heterocycles. The third-order valence-electron chi connectivity index (χ3n) is 0.364. The quantitative estimate of drug-likeness (QED) is 0.140. The SMILES string of the molecule is C/[N+]([O-])=C\[NH+](C)[O-]. The van der Waals surface area contributed by atoms with Crippen LogP contribution in [0.3, 0.4) is 0 Å². The van der Waals surface area contributed by atoms with Crippen LogP contribution in [0.4, 0.5) is 0 Å². The van der Waals surface area contributed by atoms with Gasteiger partial charge in [-0.15, -0.1) is 0 Å². The molecule has 0 radical (unpaired) electrons. The molecule has 0 aliphatic carbocycles. The van der Waals surface area contributed by atoms with Gasteiger partial charge in [0.15, 0.2) is 0 Å². The molecular weight excluding hydrogens is 96.0 g/mol. The summed E-state index contributed by atoms with van der Waals surface area (Å²) in [6.45, 7) is 0. The summed E-state index contributed by atoms with van der Waals surface area (Å²) in [7, 11) is 2.59. The normalized spacial score (nSPS) is 16.7. The van der Waals surface area contributed by atoms with E-state index in [0.29, 0.717) is 4.74 Å². The number of hydrogen-bond donors (Lipinski definition) is 1. The van der Waals surface area contributed by atoms with Gasteiger partial charge in [0.25, 0.3) is 0 Å². The van der Waals surface area contributed by atoms with Crippen molar-refractivity contribution in [1.82, 2.24) is 0 Å². The Labute approximate surface area is 41.8 Å². The lowest BCUT2D eigenvalue weighted by atomic mass is 11.1. The van der Waals surface area contributed by atoms with Gasteiger partial charge in [-0.25, -0.2) is 0 Å². The van der Waals surface area contributed by atoms with E-state index in [1.165, 1.54) is 14.1 Å². The van der Waals surface area contributed by atoms with Gasteiger partial charge < -0.3 is 10.4 Å². The predicted octanol–water partition coefficient (Wildman–Crippen LogP) is -1.83. The highest BCUT2D eigenvalue weighted by Crippen LogP contribution is 1.42. The first kappa shape index (κ1) is 6.39. The van der Waals surface area contributed by atoms with Crippen LogP contribution in [-0.4, -0.2) is 25.2 Å². The number of hydroxylamine groups is 3. The molecule has 0 spiro atoms. The molecule has 1 unspecified atom stereocenters. The zero-order valence-electron chi connectivity index (χ0n) is 4.34. The molecule has 0 bridgehead atoms. The highest BCUT2D eigenvalue weighted by Gasteiger charge is 1.79. The van der Waals surface area contributed by atoms with E-state index in [2.05, 4.69) is 0 Å². The summed E-state index contributed by atoms with van der Waals surface area (Å²) in [5.41, 5.74) is 0. The fourth-order valence-corrected chi connectivity index (χ4v) is 0.256. The summed E-state index contributed by atoms with van der Waals surface area (Å²) in [4.78, 5) is 0.